The molecule has 1 aromatic carbocycles. The van der Waals surface area contributed by atoms with Crippen molar-refractivity contribution in [3.8, 4) is 0 Å². The van der Waals surface area contributed by atoms with Crippen LogP contribution in [0.25, 0.3) is 0 Å². The number of ether oxygens (including phenoxy) is 1. The van der Waals surface area contributed by atoms with E-state index in [-0.39, 0.29) is 10.5 Å². The van der Waals surface area contributed by atoms with Crippen LogP contribution in [0.15, 0.2) is 29.2 Å². The van der Waals surface area contributed by atoms with Crippen LogP contribution in [0.1, 0.15) is 16.8 Å². The number of benzene rings is 1. The summed E-state index contributed by atoms with van der Waals surface area (Å²) in [6.45, 7) is 2.21. The molecule has 1 fully saturated rings. The second kappa shape index (κ2) is 7.68. The molecule has 1 aliphatic rings. The van der Waals surface area contributed by atoms with Gasteiger partial charge in [-0.15, -0.1) is 0 Å². The van der Waals surface area contributed by atoms with E-state index in [1.165, 1.54) is 16.4 Å². The quantitative estimate of drug-likeness (QED) is 0.704. The summed E-state index contributed by atoms with van der Waals surface area (Å²) in [6.07, 6.45) is 0.643. The van der Waals surface area contributed by atoms with Crippen LogP contribution in [0.5, 0.6) is 0 Å². The summed E-state index contributed by atoms with van der Waals surface area (Å²) >= 11 is 0. The van der Waals surface area contributed by atoms with Crippen molar-refractivity contribution in [1.29, 1.82) is 0 Å². The summed E-state index contributed by atoms with van der Waals surface area (Å²) in [4.78, 5) is 12.2. The predicted octanol–water partition coefficient (Wildman–Crippen LogP) is -0.214. The molecular formula is C14H21N3O4S. The van der Waals surface area contributed by atoms with Crippen LogP contribution in [0.3, 0.4) is 0 Å². The fourth-order valence-electron chi connectivity index (χ4n) is 2.20. The van der Waals surface area contributed by atoms with Crippen LogP contribution in [-0.2, 0) is 14.8 Å². The summed E-state index contributed by atoms with van der Waals surface area (Å²) in [5, 5.41) is 2.69. The zero-order valence-corrected chi connectivity index (χ0v) is 13.1. The standard InChI is InChI=1S/C14H21N3O4S/c15-6-3-7-16-14(18)12-4-1-2-5-13(12)22(19,20)17-8-10-21-11-9-17/h1-2,4-5H,3,6-11,15H2,(H,16,18). The Kier molecular flexibility index (Phi) is 5.90. The SMILES string of the molecule is NCCCNC(=O)c1ccccc1S(=O)(=O)N1CCOCC1. The van der Waals surface area contributed by atoms with Crippen molar-refractivity contribution in [3.05, 3.63) is 29.8 Å². The van der Waals surface area contributed by atoms with Crippen LogP contribution in [0.4, 0.5) is 0 Å². The van der Waals surface area contributed by atoms with Gasteiger partial charge in [-0.05, 0) is 25.1 Å². The summed E-state index contributed by atoms with van der Waals surface area (Å²) in [5.74, 6) is -0.402. The number of nitrogens with two attached hydrogens (primary N) is 1. The molecule has 3 N–H and O–H groups in total. The molecule has 0 bridgehead atoms. The molecule has 0 spiro atoms. The first kappa shape index (κ1) is 16.9. The lowest BCUT2D eigenvalue weighted by molar-refractivity contribution is 0.0730. The highest BCUT2D eigenvalue weighted by atomic mass is 32.2. The van der Waals surface area contributed by atoms with Crippen LogP contribution >= 0.6 is 0 Å². The minimum Gasteiger partial charge on any atom is -0.379 e. The van der Waals surface area contributed by atoms with Gasteiger partial charge < -0.3 is 15.8 Å². The molecule has 0 aromatic heterocycles. The summed E-state index contributed by atoms with van der Waals surface area (Å²) in [7, 11) is -3.70. The molecule has 1 amide bonds. The van der Waals surface area contributed by atoms with Crippen LogP contribution in [-0.4, -0.2) is 58.0 Å². The number of carbonyl (C=O) groups excluding carboxylic acids is 1. The highest BCUT2D eigenvalue weighted by molar-refractivity contribution is 7.89. The fourth-order valence-corrected chi connectivity index (χ4v) is 3.80. The van der Waals surface area contributed by atoms with E-state index in [0.717, 1.165) is 0 Å². The molecule has 0 aliphatic carbocycles. The van der Waals surface area contributed by atoms with Crippen LogP contribution in [0, 0.1) is 0 Å². The molecule has 0 unspecified atom stereocenters. The van der Waals surface area contributed by atoms with Gasteiger partial charge in [0.15, 0.2) is 0 Å². The molecule has 8 heteroatoms. The third-order valence-electron chi connectivity index (χ3n) is 3.39. The number of nitrogens with one attached hydrogen (secondary N) is 1. The van der Waals surface area contributed by atoms with E-state index in [1.807, 2.05) is 0 Å². The first-order chi connectivity index (χ1) is 10.6. The first-order valence-corrected chi connectivity index (χ1v) is 8.66. The van der Waals surface area contributed by atoms with Crippen LogP contribution in [0.2, 0.25) is 0 Å². The largest absolute Gasteiger partial charge is 0.379 e. The van der Waals surface area contributed by atoms with Gasteiger partial charge in [0.25, 0.3) is 5.91 Å². The minimum absolute atomic E-state index is 0.0298. The van der Waals surface area contributed by atoms with Gasteiger partial charge in [-0.25, -0.2) is 8.42 Å². The number of carbonyl (C=O) groups is 1. The van der Waals surface area contributed by atoms with Gasteiger partial charge in [0.2, 0.25) is 10.0 Å². The average Bonchev–Trinajstić information content (AvgIpc) is 2.56. The van der Waals surface area contributed by atoms with E-state index in [9.17, 15) is 13.2 Å². The summed E-state index contributed by atoms with van der Waals surface area (Å²) in [5.41, 5.74) is 5.54. The van der Waals surface area contributed by atoms with Crippen molar-refractivity contribution in [2.75, 3.05) is 39.4 Å². The zero-order chi connectivity index (χ0) is 16.0. The van der Waals surface area contributed by atoms with E-state index < -0.39 is 15.9 Å². The Bertz CT molecular complexity index is 612. The Morgan fingerprint density at radius 3 is 2.64 bits per heavy atom. The molecule has 7 nitrogen and oxygen atoms in total. The third-order valence-corrected chi connectivity index (χ3v) is 5.34. The number of sulfonamides is 1. The van der Waals surface area contributed by atoms with Gasteiger partial charge in [-0.3, -0.25) is 4.79 Å². The fraction of sp³-hybridized carbons (Fsp3) is 0.500. The highest BCUT2D eigenvalue weighted by Crippen LogP contribution is 2.21. The molecule has 0 atom stereocenters. The number of morpholine rings is 1. The van der Waals surface area contributed by atoms with E-state index in [4.69, 9.17) is 10.5 Å². The van der Waals surface area contributed by atoms with E-state index in [2.05, 4.69) is 5.32 Å². The van der Waals surface area contributed by atoms with Crippen LogP contribution < -0.4 is 11.1 Å². The number of hydrogen-bond acceptors (Lipinski definition) is 5. The van der Waals surface area contributed by atoms with Gasteiger partial charge in [0.05, 0.1) is 23.7 Å². The second-order valence-corrected chi connectivity index (χ2v) is 6.82. The summed E-state index contributed by atoms with van der Waals surface area (Å²) < 4.78 is 32.0. The Labute approximate surface area is 130 Å². The van der Waals surface area contributed by atoms with Crippen molar-refractivity contribution in [2.45, 2.75) is 11.3 Å². The summed E-state index contributed by atoms with van der Waals surface area (Å²) in [6, 6.07) is 6.24. The lowest BCUT2D eigenvalue weighted by atomic mass is 10.2. The minimum atomic E-state index is -3.70. The van der Waals surface area contributed by atoms with Crippen molar-refractivity contribution in [2.24, 2.45) is 5.73 Å². The normalized spacial score (nSPS) is 16.4. The van der Waals surface area contributed by atoms with Crippen molar-refractivity contribution >= 4 is 15.9 Å². The molecule has 0 radical (unpaired) electrons. The van der Waals surface area contributed by atoms with E-state index in [0.29, 0.717) is 45.8 Å². The van der Waals surface area contributed by atoms with E-state index >= 15 is 0 Å². The topological polar surface area (TPSA) is 102 Å². The van der Waals surface area contributed by atoms with Gasteiger partial charge in [0, 0.05) is 19.6 Å². The molecule has 22 heavy (non-hydrogen) atoms. The molecule has 1 heterocycles. The lowest BCUT2D eigenvalue weighted by Crippen LogP contribution is -2.41. The Balaban J connectivity index is 2.25. The van der Waals surface area contributed by atoms with Crippen molar-refractivity contribution in [1.82, 2.24) is 9.62 Å². The van der Waals surface area contributed by atoms with Crippen molar-refractivity contribution in [3.63, 3.8) is 0 Å². The Hall–Kier alpha value is -1.48. The van der Waals surface area contributed by atoms with Gasteiger partial charge in [0.1, 0.15) is 0 Å². The smallest absolute Gasteiger partial charge is 0.252 e. The number of rotatable bonds is 6. The molecular weight excluding hydrogens is 306 g/mol. The molecule has 122 valence electrons. The second-order valence-electron chi connectivity index (χ2n) is 4.91. The molecule has 2 rings (SSSR count). The molecule has 1 aromatic rings. The maximum atomic E-state index is 12.7. The van der Waals surface area contributed by atoms with E-state index in [1.54, 1.807) is 12.1 Å². The third kappa shape index (κ3) is 3.83. The predicted molar refractivity (Wildman–Crippen MR) is 82.0 cm³/mol. The van der Waals surface area contributed by atoms with Gasteiger partial charge in [-0.2, -0.15) is 4.31 Å². The first-order valence-electron chi connectivity index (χ1n) is 7.22. The van der Waals surface area contributed by atoms with Gasteiger partial charge in [-0.1, -0.05) is 12.1 Å². The maximum absolute atomic E-state index is 12.7. The molecule has 1 aliphatic heterocycles. The number of nitrogens with zero attached hydrogens (tertiary/aromatic N) is 1. The Morgan fingerprint density at radius 2 is 1.95 bits per heavy atom. The number of hydrogen-bond donors (Lipinski definition) is 2. The van der Waals surface area contributed by atoms with Gasteiger partial charge >= 0.3 is 0 Å². The van der Waals surface area contributed by atoms with Crippen molar-refractivity contribution < 1.29 is 17.9 Å². The monoisotopic (exact) mass is 327 g/mol. The average molecular weight is 327 g/mol. The lowest BCUT2D eigenvalue weighted by Gasteiger charge is -2.26. The Morgan fingerprint density at radius 1 is 1.27 bits per heavy atom. The molecule has 0 saturated carbocycles. The number of amides is 1. The maximum Gasteiger partial charge on any atom is 0.252 e. The highest BCUT2D eigenvalue weighted by Gasteiger charge is 2.29. The molecule has 1 saturated heterocycles. The zero-order valence-electron chi connectivity index (χ0n) is 12.3.